The third-order valence-corrected chi connectivity index (χ3v) is 7.82. The summed E-state index contributed by atoms with van der Waals surface area (Å²) in [5.41, 5.74) is 0.489. The van der Waals surface area contributed by atoms with Crippen LogP contribution in [-0.4, -0.2) is 66.0 Å². The third-order valence-electron chi connectivity index (χ3n) is 4.42. The predicted octanol–water partition coefficient (Wildman–Crippen LogP) is 1.88. The highest BCUT2D eigenvalue weighted by Gasteiger charge is 2.54. The molecule has 2 aliphatic rings. The molecule has 0 aromatic carbocycles. The fourth-order valence-electron chi connectivity index (χ4n) is 3.06. The Labute approximate surface area is 191 Å². The van der Waals surface area contributed by atoms with E-state index in [9.17, 15) is 29.6 Å². The molecule has 0 saturated carbocycles. The van der Waals surface area contributed by atoms with Crippen molar-refractivity contribution in [2.45, 2.75) is 22.7 Å². The van der Waals surface area contributed by atoms with E-state index in [-0.39, 0.29) is 11.6 Å². The van der Waals surface area contributed by atoms with Crippen LogP contribution in [0.3, 0.4) is 0 Å². The monoisotopic (exact) mass is 498 g/mol. The van der Waals surface area contributed by atoms with Crippen LogP contribution in [0.15, 0.2) is 32.2 Å². The van der Waals surface area contributed by atoms with Crippen molar-refractivity contribution in [2.24, 2.45) is 0 Å². The van der Waals surface area contributed by atoms with E-state index in [0.29, 0.717) is 21.4 Å². The molecule has 32 heavy (non-hydrogen) atoms. The highest BCUT2D eigenvalue weighted by atomic mass is 32.2. The summed E-state index contributed by atoms with van der Waals surface area (Å²) < 4.78 is 5.55. The van der Waals surface area contributed by atoms with Crippen LogP contribution in [0, 0.1) is 17.0 Å². The Hall–Kier alpha value is -3.11. The fraction of sp³-hybridized carbons (Fsp3) is 0.312. The van der Waals surface area contributed by atoms with Gasteiger partial charge in [-0.3, -0.25) is 25.1 Å². The first-order valence-electron chi connectivity index (χ1n) is 8.89. The van der Waals surface area contributed by atoms with Gasteiger partial charge in [-0.15, -0.1) is 22.0 Å². The van der Waals surface area contributed by atoms with Crippen molar-refractivity contribution >= 4 is 64.5 Å². The number of carbonyl (C=O) groups is 3. The minimum atomic E-state index is -1.22. The van der Waals surface area contributed by atoms with E-state index in [4.69, 9.17) is 4.42 Å². The van der Waals surface area contributed by atoms with Gasteiger partial charge >= 0.3 is 17.9 Å². The Bertz CT molecular complexity index is 1140. The second-order valence-corrected chi connectivity index (χ2v) is 10.0. The molecule has 16 heteroatoms. The van der Waals surface area contributed by atoms with Gasteiger partial charge in [0.25, 0.3) is 5.91 Å². The summed E-state index contributed by atoms with van der Waals surface area (Å²) in [6, 6.07) is 0.535. The SMILES string of the molecule is Cc1nnc(SCC2=C(C(=O)O)N3C(=O)C(NC(=O)Nc4ccc([N+](=O)[O-])o4)[C@@H]3SC2)s1. The lowest BCUT2D eigenvalue weighted by Gasteiger charge is -2.49. The van der Waals surface area contributed by atoms with Crippen LogP contribution in [0.25, 0.3) is 0 Å². The number of hydrogen-bond acceptors (Lipinski definition) is 11. The second-order valence-electron chi connectivity index (χ2n) is 6.51. The van der Waals surface area contributed by atoms with Crippen LogP contribution < -0.4 is 10.6 Å². The Morgan fingerprint density at radius 3 is 2.84 bits per heavy atom. The van der Waals surface area contributed by atoms with Crippen LogP contribution in [0.5, 0.6) is 0 Å². The normalized spacial score (nSPS) is 19.9. The van der Waals surface area contributed by atoms with Crippen molar-refractivity contribution in [1.82, 2.24) is 20.4 Å². The first-order chi connectivity index (χ1) is 15.2. The molecule has 2 atom stereocenters. The molecule has 0 aliphatic carbocycles. The van der Waals surface area contributed by atoms with Crippen molar-refractivity contribution in [2.75, 3.05) is 16.8 Å². The zero-order valence-corrected chi connectivity index (χ0v) is 18.6. The highest BCUT2D eigenvalue weighted by Crippen LogP contribution is 2.41. The molecule has 1 fully saturated rings. The molecule has 2 aromatic heterocycles. The molecular weight excluding hydrogens is 484 g/mol. The summed E-state index contributed by atoms with van der Waals surface area (Å²) in [6.45, 7) is 1.82. The lowest BCUT2D eigenvalue weighted by molar-refractivity contribution is -0.401. The van der Waals surface area contributed by atoms with Gasteiger partial charge in [0.05, 0.1) is 6.07 Å². The van der Waals surface area contributed by atoms with Gasteiger partial charge < -0.3 is 14.8 Å². The van der Waals surface area contributed by atoms with Gasteiger partial charge in [-0.05, 0) is 12.5 Å². The lowest BCUT2D eigenvalue weighted by atomic mass is 10.0. The second kappa shape index (κ2) is 8.79. The number of nitrogens with one attached hydrogen (secondary N) is 2. The van der Waals surface area contributed by atoms with Gasteiger partial charge in [0.15, 0.2) is 4.34 Å². The maximum atomic E-state index is 12.6. The number of rotatable bonds is 7. The molecule has 13 nitrogen and oxygen atoms in total. The summed E-state index contributed by atoms with van der Waals surface area (Å²) in [7, 11) is 0. The predicted molar refractivity (Wildman–Crippen MR) is 114 cm³/mol. The van der Waals surface area contributed by atoms with Crippen molar-refractivity contribution in [1.29, 1.82) is 0 Å². The van der Waals surface area contributed by atoms with Gasteiger partial charge in [-0.2, -0.15) is 0 Å². The Morgan fingerprint density at radius 1 is 1.44 bits per heavy atom. The Morgan fingerprint density at radius 2 is 2.22 bits per heavy atom. The van der Waals surface area contributed by atoms with E-state index >= 15 is 0 Å². The molecule has 3 amide bonds. The first-order valence-corrected chi connectivity index (χ1v) is 11.7. The van der Waals surface area contributed by atoms with Crippen molar-refractivity contribution < 1.29 is 28.8 Å². The number of hydrogen-bond donors (Lipinski definition) is 3. The van der Waals surface area contributed by atoms with Gasteiger partial charge in [-0.25, -0.2) is 9.59 Å². The van der Waals surface area contributed by atoms with E-state index in [0.717, 1.165) is 11.1 Å². The van der Waals surface area contributed by atoms with Gasteiger partial charge in [0, 0.05) is 17.6 Å². The number of fused-ring (bicyclic) bond motifs is 1. The maximum absolute atomic E-state index is 12.6. The van der Waals surface area contributed by atoms with Crippen LogP contribution in [0.4, 0.5) is 16.6 Å². The van der Waals surface area contributed by atoms with Crippen LogP contribution in [0.1, 0.15) is 5.01 Å². The van der Waals surface area contributed by atoms with Gasteiger partial charge in [0.2, 0.25) is 5.88 Å². The number of nitro groups is 1. The topological polar surface area (TPSA) is 181 Å². The molecule has 4 heterocycles. The minimum absolute atomic E-state index is 0.0902. The van der Waals surface area contributed by atoms with Gasteiger partial charge in [-0.1, -0.05) is 23.1 Å². The number of aliphatic carboxylic acids is 1. The van der Waals surface area contributed by atoms with Crippen LogP contribution in [0.2, 0.25) is 0 Å². The van der Waals surface area contributed by atoms with E-state index < -0.39 is 40.1 Å². The number of aromatic nitrogens is 2. The summed E-state index contributed by atoms with van der Waals surface area (Å²) in [5.74, 6) is -1.78. The number of anilines is 1. The number of nitrogens with zero attached hydrogens (tertiary/aromatic N) is 4. The smallest absolute Gasteiger partial charge is 0.434 e. The average molecular weight is 499 g/mol. The highest BCUT2D eigenvalue weighted by molar-refractivity contribution is 8.01. The van der Waals surface area contributed by atoms with Crippen molar-refractivity contribution in [3.05, 3.63) is 38.5 Å². The summed E-state index contributed by atoms with van der Waals surface area (Å²) in [6.07, 6.45) is 0. The molecule has 3 N–H and O–H groups in total. The molecule has 2 aliphatic heterocycles. The number of urea groups is 1. The zero-order valence-electron chi connectivity index (χ0n) is 16.1. The fourth-order valence-corrected chi connectivity index (χ4v) is 6.36. The number of β-lactam (4-membered cyclic amide) rings is 1. The van der Waals surface area contributed by atoms with E-state index in [1.807, 2.05) is 6.92 Å². The molecule has 168 valence electrons. The Balaban J connectivity index is 1.41. The number of carbonyl (C=O) groups excluding carboxylic acids is 2. The number of thioether (sulfide) groups is 2. The molecule has 4 rings (SSSR count). The van der Waals surface area contributed by atoms with E-state index in [1.54, 1.807) is 0 Å². The number of amides is 3. The van der Waals surface area contributed by atoms with Crippen LogP contribution >= 0.6 is 34.9 Å². The van der Waals surface area contributed by atoms with Crippen molar-refractivity contribution in [3.8, 4) is 0 Å². The van der Waals surface area contributed by atoms with E-state index in [2.05, 4.69) is 20.8 Å². The third kappa shape index (κ3) is 4.28. The minimum Gasteiger partial charge on any atom is -0.477 e. The molecule has 1 unspecified atom stereocenters. The zero-order chi connectivity index (χ0) is 23.0. The number of carboxylic acids is 1. The van der Waals surface area contributed by atoms with Gasteiger partial charge in [0.1, 0.15) is 27.0 Å². The molecule has 2 aromatic rings. The molecule has 0 bridgehead atoms. The summed E-state index contributed by atoms with van der Waals surface area (Å²) >= 11 is 4.08. The summed E-state index contributed by atoms with van der Waals surface area (Å²) in [4.78, 5) is 47.8. The standard InChI is InChI=1S/C16H14N6O7S3/c1-6-19-20-16(32-6)31-5-7-4-30-13-10(12(23)21(13)11(7)14(24)25)18-15(26)17-8-2-3-9(29-8)22(27)28/h2-3,10,13H,4-5H2,1H3,(H,24,25)(H2,17,18,26)/t10?,13-/m0/s1. The summed E-state index contributed by atoms with van der Waals surface area (Å²) in [5, 5.41) is 33.2. The maximum Gasteiger partial charge on any atom is 0.434 e. The largest absolute Gasteiger partial charge is 0.477 e. The Kier molecular flexibility index (Phi) is 6.07. The number of carboxylic acid groups (broad SMARTS) is 1. The quantitative estimate of drug-likeness (QED) is 0.219. The van der Waals surface area contributed by atoms with E-state index in [1.165, 1.54) is 45.8 Å². The van der Waals surface area contributed by atoms with Crippen LogP contribution in [-0.2, 0) is 9.59 Å². The number of furan rings is 1. The number of aryl methyl sites for hydroxylation is 1. The van der Waals surface area contributed by atoms with Crippen molar-refractivity contribution in [3.63, 3.8) is 0 Å². The molecule has 0 spiro atoms. The first kappa shape index (κ1) is 22.1. The molecular formula is C16H14N6O7S3. The molecule has 1 saturated heterocycles. The lowest BCUT2D eigenvalue weighted by Crippen LogP contribution is -2.71. The molecule has 0 radical (unpaired) electrons. The average Bonchev–Trinajstić information content (AvgIpc) is 3.38.